The predicted octanol–water partition coefficient (Wildman–Crippen LogP) is 6.17. The van der Waals surface area contributed by atoms with E-state index < -0.39 is 85.4 Å². The van der Waals surface area contributed by atoms with Crippen molar-refractivity contribution in [3.05, 3.63) is 162 Å². The topological polar surface area (TPSA) is 178 Å². The van der Waals surface area contributed by atoms with Gasteiger partial charge in [-0.15, -0.1) is 12.6 Å². The summed E-state index contributed by atoms with van der Waals surface area (Å²) in [7, 11) is 2.14. The summed E-state index contributed by atoms with van der Waals surface area (Å²) in [5.41, 5.74) is -1.74. The van der Waals surface area contributed by atoms with Crippen LogP contribution in [-0.4, -0.2) is 108 Å². The summed E-state index contributed by atoms with van der Waals surface area (Å²) in [4.78, 5) is 56.9. The molecular weight excluding hydrogens is 946 g/mol. The first-order valence-electron chi connectivity index (χ1n) is 22.6. The van der Waals surface area contributed by atoms with Gasteiger partial charge < -0.3 is 37.7 Å². The molecule has 2 fully saturated rings. The van der Waals surface area contributed by atoms with Crippen LogP contribution in [0.5, 0.6) is 11.5 Å². The zero-order valence-electron chi connectivity index (χ0n) is 39.8. The van der Waals surface area contributed by atoms with Gasteiger partial charge in [0.1, 0.15) is 39.7 Å². The number of thiocarbonyl (C=S) groups is 1. The van der Waals surface area contributed by atoms with E-state index in [9.17, 15) is 19.2 Å². The van der Waals surface area contributed by atoms with Crippen molar-refractivity contribution < 1.29 is 37.2 Å². The van der Waals surface area contributed by atoms with Gasteiger partial charge in [-0.05, 0) is 65.5 Å². The smallest absolute Gasteiger partial charge is 0.330 e. The number of hydrogen-bond acceptors (Lipinski definition) is 12. The maximum Gasteiger partial charge on any atom is 0.330 e. The summed E-state index contributed by atoms with van der Waals surface area (Å²) in [5.74, 6) is 0.354. The van der Waals surface area contributed by atoms with Crippen molar-refractivity contribution in [2.24, 2.45) is 5.92 Å². The molecule has 20 heteroatoms. The fraction of sp³-hybridized carbons (Fsp3) is 0.449. The number of nitrogens with zero attached hydrogens (tertiary/aromatic N) is 3. The molecule has 2 aliphatic rings. The Labute approximate surface area is 411 Å². The number of thiol groups is 1. The largest absolute Gasteiger partial charge is 0.497 e. The van der Waals surface area contributed by atoms with Crippen molar-refractivity contribution in [1.29, 1.82) is 0 Å². The Bertz CT molecular complexity index is 2740. The lowest BCUT2D eigenvalue weighted by Gasteiger charge is -2.41. The molecule has 0 bridgehead atoms. The van der Waals surface area contributed by atoms with E-state index in [2.05, 4.69) is 56.5 Å². The van der Waals surface area contributed by atoms with Crippen LogP contribution in [0.2, 0.25) is 18.1 Å². The fourth-order valence-corrected chi connectivity index (χ4v) is 10.5. The Morgan fingerprint density at radius 1 is 0.754 bits per heavy atom. The van der Waals surface area contributed by atoms with Gasteiger partial charge in [0, 0.05) is 50.6 Å². The fourth-order valence-electron chi connectivity index (χ4n) is 8.81. The van der Waals surface area contributed by atoms with E-state index in [0.717, 1.165) is 27.3 Å². The second kappa shape index (κ2) is 21.4. The van der Waals surface area contributed by atoms with Crippen LogP contribution in [0.1, 0.15) is 56.3 Å². The van der Waals surface area contributed by atoms with Gasteiger partial charge in [0.05, 0.1) is 26.9 Å². The summed E-state index contributed by atoms with van der Waals surface area (Å²) in [6, 6.07) is 27.0. The summed E-state index contributed by atoms with van der Waals surface area (Å²) < 4.78 is 64.3. The maximum absolute atomic E-state index is 17.4. The van der Waals surface area contributed by atoms with Crippen molar-refractivity contribution >= 4 is 37.5 Å². The highest BCUT2D eigenvalue weighted by atomic mass is 32.1. The molecule has 4 heterocycles. The average Bonchev–Trinajstić information content (AvgIpc) is 3.82. The third-order valence-electron chi connectivity index (χ3n) is 13.6. The molecule has 0 saturated carbocycles. The predicted molar refractivity (Wildman–Crippen MR) is 268 cm³/mol. The van der Waals surface area contributed by atoms with Crippen LogP contribution in [0.3, 0.4) is 0 Å². The average molecular weight is 1010 g/mol. The highest BCUT2D eigenvalue weighted by molar-refractivity contribution is 8.10. The molecule has 2 saturated heterocycles. The van der Waals surface area contributed by atoms with E-state index in [1.54, 1.807) is 19.1 Å². The number of benzene rings is 3. The summed E-state index contributed by atoms with van der Waals surface area (Å²) >= 11 is 10.4. The molecule has 7 rings (SSSR count). The highest BCUT2D eigenvalue weighted by Gasteiger charge is 2.53. The van der Waals surface area contributed by atoms with Gasteiger partial charge in [-0.3, -0.25) is 28.7 Å². The second-order valence-corrected chi connectivity index (χ2v) is 24.5. The van der Waals surface area contributed by atoms with Crippen LogP contribution < -0.4 is 32.0 Å². The lowest BCUT2D eigenvalue weighted by molar-refractivity contribution is -0.0880. The van der Waals surface area contributed by atoms with Crippen LogP contribution >= 0.6 is 24.8 Å². The molecule has 8 atom stereocenters. The van der Waals surface area contributed by atoms with Crippen molar-refractivity contribution in [3.8, 4) is 11.5 Å². The highest BCUT2D eigenvalue weighted by Crippen LogP contribution is 2.46. The van der Waals surface area contributed by atoms with E-state index in [0.29, 0.717) is 11.5 Å². The molecule has 0 spiro atoms. The number of hydrogen-bond donors (Lipinski definition) is 3. The van der Waals surface area contributed by atoms with Crippen LogP contribution in [0.25, 0.3) is 0 Å². The quantitative estimate of drug-likeness (QED) is 0.0393. The number of methoxy groups -OCH3 is 3. The van der Waals surface area contributed by atoms with Crippen LogP contribution in [-0.2, 0) is 29.0 Å². The molecule has 2 aromatic heterocycles. The molecule has 0 aliphatic carbocycles. The molecule has 3 aromatic carbocycles. The number of alkyl halides is 1. The van der Waals surface area contributed by atoms with E-state index in [-0.39, 0.29) is 35.5 Å². The minimum absolute atomic E-state index is 0.0939. The maximum atomic E-state index is 17.4. The minimum Gasteiger partial charge on any atom is -0.497 e. The van der Waals surface area contributed by atoms with Crippen molar-refractivity contribution in [1.82, 2.24) is 24.0 Å². The normalized spacial score (nSPS) is 22.9. The molecule has 5 aromatic rings. The van der Waals surface area contributed by atoms with E-state index >= 15 is 4.39 Å². The van der Waals surface area contributed by atoms with Gasteiger partial charge >= 0.3 is 11.4 Å². The van der Waals surface area contributed by atoms with Crippen molar-refractivity contribution in [3.63, 3.8) is 0 Å². The lowest BCUT2D eigenvalue weighted by atomic mass is 9.80. The molecule has 2 N–H and O–H groups in total. The lowest BCUT2D eigenvalue weighted by Crippen LogP contribution is -2.52. The molecule has 0 radical (unpaired) electrons. The van der Waals surface area contributed by atoms with E-state index in [1.807, 2.05) is 78.9 Å². The second-order valence-electron chi connectivity index (χ2n) is 18.6. The van der Waals surface area contributed by atoms with Gasteiger partial charge in [-0.25, -0.2) is 14.0 Å². The number of ether oxygens (including phenoxy) is 6. The Balaban J connectivity index is 1.24. The molecule has 0 amide bonds. The van der Waals surface area contributed by atoms with Crippen molar-refractivity contribution in [2.75, 3.05) is 41.0 Å². The van der Waals surface area contributed by atoms with Crippen molar-refractivity contribution in [2.45, 2.75) is 94.0 Å². The Hall–Kier alpha value is -5.19. The SMILES string of the molecule is COc1ccc(C(OC[C@H]2O[C@@H](n3ccc(=O)[nH]c3=O)[C@H](F)[C@@H]2CCN(C[C@H]2O[C@@H](n3ccc(=O)[nH]c3=O)[C@H](OC)[C@@H]2O[Si](C)(C)C(C)(C)C)C(=S)S)(c2ccccc2)c2ccc(OC)cc2)cc1. The summed E-state index contributed by atoms with van der Waals surface area (Å²) in [6.45, 7) is 10.6. The van der Waals surface area contributed by atoms with Crippen LogP contribution in [0.15, 0.2) is 123 Å². The van der Waals surface area contributed by atoms with E-state index in [1.165, 1.54) is 30.1 Å². The molecule has 69 heavy (non-hydrogen) atoms. The van der Waals surface area contributed by atoms with Crippen LogP contribution in [0, 0.1) is 5.92 Å². The van der Waals surface area contributed by atoms with Gasteiger partial charge in [0.2, 0.25) is 0 Å². The number of halogens is 1. The minimum atomic E-state index is -2.53. The Kier molecular flexibility index (Phi) is 16.0. The number of aromatic amines is 2. The molecule has 0 unspecified atom stereocenters. The zero-order valence-corrected chi connectivity index (χ0v) is 42.5. The summed E-state index contributed by atoms with van der Waals surface area (Å²) in [5, 5.41) is -0.222. The van der Waals surface area contributed by atoms with Gasteiger partial charge in [-0.1, -0.05) is 87.6 Å². The van der Waals surface area contributed by atoms with Crippen LogP contribution in [0.4, 0.5) is 4.39 Å². The third kappa shape index (κ3) is 10.9. The summed E-state index contributed by atoms with van der Waals surface area (Å²) in [6.07, 6.45) is -4.75. The number of rotatable bonds is 18. The Morgan fingerprint density at radius 3 is 1.74 bits per heavy atom. The zero-order chi connectivity index (χ0) is 49.8. The molecule has 2 aliphatic heterocycles. The third-order valence-corrected chi connectivity index (χ3v) is 18.6. The first-order valence-corrected chi connectivity index (χ1v) is 26.3. The first kappa shape index (κ1) is 51.7. The van der Waals surface area contributed by atoms with Gasteiger partial charge in [0.25, 0.3) is 11.1 Å². The monoisotopic (exact) mass is 1010 g/mol. The molecule has 370 valence electrons. The van der Waals surface area contributed by atoms with E-state index in [4.69, 9.17) is 45.1 Å². The first-order chi connectivity index (χ1) is 32.8. The standard InChI is InChI=1S/C49H60FN5O11S2Si/c1-48(2,3)69(7,8)66-41-36(64-44(42(41)62-6)55-27-24-39(57)52-46(55)59)28-53(47(67)68)25-22-35-37(65-43(40(35)50)54-26-23-38(56)51-45(54)58)29-63-49(30-12-10-9-11-13-30,31-14-18-33(60-4)19-15-31)32-16-20-34(61-5)21-17-32/h9-21,23-24,26-27,35-37,40-44H,22,25,28-29H2,1-8H3,(H,67,68)(H,51,56,58)(H,52,57,59)/t35-,36-,37-,40-,41-,42-,43-,44-/m1/s1. The number of aromatic nitrogens is 4. The number of nitrogens with one attached hydrogen (secondary N) is 2. The van der Waals surface area contributed by atoms with Gasteiger partial charge in [-0.2, -0.15) is 0 Å². The van der Waals surface area contributed by atoms with Gasteiger partial charge in [0.15, 0.2) is 26.9 Å². The Morgan fingerprint density at radius 2 is 1.26 bits per heavy atom. The number of H-pyrrole nitrogens is 2. The molecular formula is C49H60FN5O11S2Si. The molecule has 16 nitrogen and oxygen atoms in total.